The van der Waals surface area contributed by atoms with Gasteiger partial charge in [-0.2, -0.15) is 0 Å². The van der Waals surface area contributed by atoms with E-state index in [-0.39, 0.29) is 36.9 Å². The van der Waals surface area contributed by atoms with Gasteiger partial charge >= 0.3 is 6.29 Å². The molecule has 0 spiro atoms. The monoisotopic (exact) mass is 550 g/mol. The molecule has 1 saturated carbocycles. The van der Waals surface area contributed by atoms with E-state index in [1.807, 2.05) is 0 Å². The van der Waals surface area contributed by atoms with Gasteiger partial charge in [-0.1, -0.05) is 6.07 Å². The lowest BCUT2D eigenvalue weighted by Crippen LogP contribution is -2.50. The molecular formula is C27H26F4N2O6. The molecule has 39 heavy (non-hydrogen) atoms. The highest BCUT2D eigenvalue weighted by Crippen LogP contribution is 2.52. The number of nitrogens with one attached hydrogen (secondary N) is 1. The van der Waals surface area contributed by atoms with Crippen LogP contribution in [-0.4, -0.2) is 55.2 Å². The van der Waals surface area contributed by atoms with Gasteiger partial charge in [0.05, 0.1) is 18.6 Å². The summed E-state index contributed by atoms with van der Waals surface area (Å²) < 4.78 is 74.6. The Hall–Kier alpha value is -3.70. The molecule has 2 atom stereocenters. The number of likely N-dealkylation sites (tertiary alicyclic amines) is 1. The van der Waals surface area contributed by atoms with Crippen molar-refractivity contribution in [1.82, 2.24) is 10.2 Å². The second kappa shape index (κ2) is 8.92. The van der Waals surface area contributed by atoms with Crippen molar-refractivity contribution in [3.63, 3.8) is 0 Å². The van der Waals surface area contributed by atoms with Crippen molar-refractivity contribution in [3.8, 4) is 23.0 Å². The standard InChI is InChI=1S/C27H26F4N2O6/c1-36-16-3-4-17-18(14-22(37-20(17)13-16)23(34)33-10-8-26(28,29)9-11-33)32-24(35)25(6-7-25)15-2-5-19-21(12-15)39-27(30,31)38-19/h2-5,12-13,18,22H,6-11,14H2,1H3,(H,32,35)/t18-,22+/m0/s1. The highest BCUT2D eigenvalue weighted by molar-refractivity contribution is 5.92. The van der Waals surface area contributed by atoms with Gasteiger partial charge in [0.2, 0.25) is 5.91 Å². The quantitative estimate of drug-likeness (QED) is 0.559. The van der Waals surface area contributed by atoms with Crippen molar-refractivity contribution in [2.45, 2.75) is 61.9 Å². The van der Waals surface area contributed by atoms with Crippen molar-refractivity contribution in [2.75, 3.05) is 20.2 Å². The Morgan fingerprint density at radius 2 is 1.67 bits per heavy atom. The fraction of sp³-hybridized carbons (Fsp3) is 0.481. The lowest BCUT2D eigenvalue weighted by molar-refractivity contribution is -0.286. The topological polar surface area (TPSA) is 86.3 Å². The molecule has 2 aromatic rings. The molecule has 1 aliphatic carbocycles. The lowest BCUT2D eigenvalue weighted by Gasteiger charge is -2.37. The summed E-state index contributed by atoms with van der Waals surface area (Å²) in [5.41, 5.74) is 0.211. The maximum atomic E-state index is 13.7. The minimum atomic E-state index is -3.77. The largest absolute Gasteiger partial charge is 0.586 e. The molecule has 208 valence electrons. The number of benzene rings is 2. The molecule has 2 amide bonds. The number of ether oxygens (including phenoxy) is 4. The first-order valence-corrected chi connectivity index (χ1v) is 12.7. The molecule has 2 fully saturated rings. The summed E-state index contributed by atoms with van der Waals surface area (Å²) in [6.45, 7) is -0.167. The number of carbonyl (C=O) groups is 2. The van der Waals surface area contributed by atoms with Crippen molar-refractivity contribution in [3.05, 3.63) is 47.5 Å². The number of methoxy groups -OCH3 is 1. The van der Waals surface area contributed by atoms with Gasteiger partial charge in [-0.3, -0.25) is 9.59 Å². The maximum absolute atomic E-state index is 13.7. The van der Waals surface area contributed by atoms with E-state index in [2.05, 4.69) is 14.8 Å². The molecule has 0 radical (unpaired) electrons. The van der Waals surface area contributed by atoms with E-state index in [9.17, 15) is 27.2 Å². The van der Waals surface area contributed by atoms with Gasteiger partial charge in [-0.15, -0.1) is 8.78 Å². The SMILES string of the molecule is COc1ccc2c(c1)O[C@@H](C(=O)N1CCC(F)(F)CC1)C[C@@H]2NC(=O)C1(c2ccc3c(c2)OC(F)(F)O3)CC1. The number of piperidine rings is 1. The Labute approximate surface area is 221 Å². The Balaban J connectivity index is 1.23. The van der Waals surface area contributed by atoms with Crippen LogP contribution in [-0.2, 0) is 15.0 Å². The number of nitrogens with zero attached hydrogens (tertiary/aromatic N) is 1. The van der Waals surface area contributed by atoms with Gasteiger partial charge in [0.15, 0.2) is 17.6 Å². The Bertz CT molecular complexity index is 1320. The molecule has 6 rings (SSSR count). The summed E-state index contributed by atoms with van der Waals surface area (Å²) in [4.78, 5) is 28.3. The molecule has 0 aromatic heterocycles. The average Bonchev–Trinajstić information content (AvgIpc) is 3.64. The molecular weight excluding hydrogens is 524 g/mol. The molecule has 3 aliphatic heterocycles. The van der Waals surface area contributed by atoms with Crippen LogP contribution in [0.3, 0.4) is 0 Å². The van der Waals surface area contributed by atoms with Crippen molar-refractivity contribution in [2.24, 2.45) is 0 Å². The summed E-state index contributed by atoms with van der Waals surface area (Å²) >= 11 is 0. The number of halogens is 4. The van der Waals surface area contributed by atoms with E-state index in [4.69, 9.17) is 9.47 Å². The molecule has 1 N–H and O–H groups in total. The normalized spacial score (nSPS) is 25.2. The number of alkyl halides is 4. The van der Waals surface area contributed by atoms with Crippen LogP contribution in [0.4, 0.5) is 17.6 Å². The Morgan fingerprint density at radius 1 is 0.949 bits per heavy atom. The van der Waals surface area contributed by atoms with E-state index >= 15 is 0 Å². The minimum absolute atomic E-state index is 0.0834. The second-order valence-electron chi connectivity index (χ2n) is 10.4. The molecule has 0 unspecified atom stereocenters. The van der Waals surface area contributed by atoms with Crippen LogP contribution in [0.15, 0.2) is 36.4 Å². The number of carbonyl (C=O) groups excluding carboxylic acids is 2. The summed E-state index contributed by atoms with van der Waals surface area (Å²) in [6, 6.07) is 8.75. The van der Waals surface area contributed by atoms with Crippen LogP contribution in [0.1, 0.15) is 49.3 Å². The third kappa shape index (κ3) is 4.70. The highest BCUT2D eigenvalue weighted by atomic mass is 19.3. The smallest absolute Gasteiger partial charge is 0.497 e. The zero-order chi connectivity index (χ0) is 27.6. The Morgan fingerprint density at radius 3 is 2.36 bits per heavy atom. The summed E-state index contributed by atoms with van der Waals surface area (Å²) in [7, 11) is 1.48. The third-order valence-corrected chi connectivity index (χ3v) is 7.84. The van der Waals surface area contributed by atoms with Gasteiger partial charge in [0.1, 0.15) is 11.5 Å². The molecule has 2 aromatic carbocycles. The lowest BCUT2D eigenvalue weighted by atomic mass is 9.91. The Kier molecular flexibility index (Phi) is 5.85. The van der Waals surface area contributed by atoms with Crippen molar-refractivity contribution < 1.29 is 46.1 Å². The predicted molar refractivity (Wildman–Crippen MR) is 127 cm³/mol. The van der Waals surface area contributed by atoms with E-state index in [1.54, 1.807) is 24.3 Å². The molecule has 8 nitrogen and oxygen atoms in total. The first-order chi connectivity index (χ1) is 18.5. The van der Waals surface area contributed by atoms with Crippen LogP contribution in [0, 0.1) is 0 Å². The molecule has 3 heterocycles. The minimum Gasteiger partial charge on any atom is -0.497 e. The molecule has 0 bridgehead atoms. The number of amides is 2. The second-order valence-corrected chi connectivity index (χ2v) is 10.4. The number of rotatable bonds is 5. The number of fused-ring (bicyclic) bond motifs is 2. The van der Waals surface area contributed by atoms with Crippen LogP contribution in [0.2, 0.25) is 0 Å². The first kappa shape index (κ1) is 25.6. The zero-order valence-electron chi connectivity index (χ0n) is 21.0. The van der Waals surface area contributed by atoms with Gasteiger partial charge < -0.3 is 29.2 Å². The maximum Gasteiger partial charge on any atom is 0.586 e. The fourth-order valence-electron chi connectivity index (χ4n) is 5.43. The van der Waals surface area contributed by atoms with Crippen LogP contribution in [0.25, 0.3) is 0 Å². The van der Waals surface area contributed by atoms with Gasteiger partial charge in [0, 0.05) is 44.0 Å². The third-order valence-electron chi connectivity index (χ3n) is 7.84. The number of hydrogen-bond donors (Lipinski definition) is 1. The van der Waals surface area contributed by atoms with E-state index in [0.717, 1.165) is 0 Å². The van der Waals surface area contributed by atoms with Crippen molar-refractivity contribution in [1.29, 1.82) is 0 Å². The highest BCUT2D eigenvalue weighted by Gasteiger charge is 2.53. The average molecular weight is 551 g/mol. The molecule has 12 heteroatoms. The number of hydrogen-bond acceptors (Lipinski definition) is 6. The fourth-order valence-corrected chi connectivity index (χ4v) is 5.43. The van der Waals surface area contributed by atoms with Crippen LogP contribution < -0.4 is 24.3 Å². The molecule has 4 aliphatic rings. The van der Waals surface area contributed by atoms with Gasteiger partial charge in [0.25, 0.3) is 11.8 Å². The summed E-state index contributed by atoms with van der Waals surface area (Å²) in [6.07, 6.45) is -4.50. The van der Waals surface area contributed by atoms with Gasteiger partial charge in [-0.25, -0.2) is 8.78 Å². The van der Waals surface area contributed by atoms with E-state index in [1.165, 1.54) is 24.1 Å². The van der Waals surface area contributed by atoms with Crippen molar-refractivity contribution >= 4 is 11.8 Å². The van der Waals surface area contributed by atoms with Gasteiger partial charge in [-0.05, 0) is 42.7 Å². The molecule has 1 saturated heterocycles. The predicted octanol–water partition coefficient (Wildman–Crippen LogP) is 4.31. The van der Waals surface area contributed by atoms with Crippen LogP contribution >= 0.6 is 0 Å². The van der Waals surface area contributed by atoms with Crippen LogP contribution in [0.5, 0.6) is 23.0 Å². The van der Waals surface area contributed by atoms with E-state index < -0.39 is 48.5 Å². The zero-order valence-corrected chi connectivity index (χ0v) is 21.0. The van der Waals surface area contributed by atoms with E-state index in [0.29, 0.717) is 35.5 Å². The first-order valence-electron chi connectivity index (χ1n) is 12.7. The summed E-state index contributed by atoms with van der Waals surface area (Å²) in [5, 5.41) is 3.03. The summed E-state index contributed by atoms with van der Waals surface area (Å²) in [5.74, 6) is -2.96.